The molecule has 0 aromatic carbocycles. The molecule has 1 amide bonds. The highest BCUT2D eigenvalue weighted by molar-refractivity contribution is 7.15. The standard InChI is InChI=1S/C14H18F3N7OS/c1-9-10(7-22(2)21-9)18-11(25)8-23-3-5-24(6-4-23)13-20-19-12(26-13)14(15,16)17/h7H,3-6,8H2,1-2H3,(H,18,25). The molecule has 3 rings (SSSR count). The van der Waals surface area contributed by atoms with Gasteiger partial charge in [-0.1, -0.05) is 11.3 Å². The minimum absolute atomic E-state index is 0.148. The monoisotopic (exact) mass is 389 g/mol. The molecular formula is C14H18F3N7OS. The average molecular weight is 389 g/mol. The number of alkyl halides is 3. The zero-order valence-corrected chi connectivity index (χ0v) is 15.1. The first-order valence-corrected chi connectivity index (χ1v) is 8.72. The molecule has 0 spiro atoms. The summed E-state index contributed by atoms with van der Waals surface area (Å²) in [6.45, 7) is 4.12. The van der Waals surface area contributed by atoms with Gasteiger partial charge < -0.3 is 10.2 Å². The fraction of sp³-hybridized carbons (Fsp3) is 0.571. The van der Waals surface area contributed by atoms with Crippen molar-refractivity contribution in [2.75, 3.05) is 42.9 Å². The number of carbonyl (C=O) groups excluding carboxylic acids is 1. The Balaban J connectivity index is 1.50. The van der Waals surface area contributed by atoms with Crippen LogP contribution in [0.2, 0.25) is 0 Å². The van der Waals surface area contributed by atoms with Gasteiger partial charge in [0.25, 0.3) is 0 Å². The number of piperazine rings is 1. The molecule has 12 heteroatoms. The molecule has 2 aromatic rings. The van der Waals surface area contributed by atoms with E-state index in [1.807, 2.05) is 11.8 Å². The molecule has 1 saturated heterocycles. The van der Waals surface area contributed by atoms with Gasteiger partial charge in [-0.25, -0.2) is 0 Å². The van der Waals surface area contributed by atoms with E-state index in [0.29, 0.717) is 43.2 Å². The Kier molecular flexibility index (Phi) is 5.14. The molecule has 1 aliphatic heterocycles. The third-order valence-electron chi connectivity index (χ3n) is 3.95. The van der Waals surface area contributed by atoms with E-state index in [2.05, 4.69) is 20.6 Å². The van der Waals surface area contributed by atoms with Crippen molar-refractivity contribution in [2.24, 2.45) is 7.05 Å². The Labute approximate surface area is 151 Å². The van der Waals surface area contributed by atoms with Gasteiger partial charge in [-0.05, 0) is 6.92 Å². The van der Waals surface area contributed by atoms with Crippen molar-refractivity contribution in [3.63, 3.8) is 0 Å². The molecule has 26 heavy (non-hydrogen) atoms. The van der Waals surface area contributed by atoms with E-state index in [0.717, 1.165) is 5.69 Å². The van der Waals surface area contributed by atoms with E-state index < -0.39 is 11.2 Å². The normalized spacial score (nSPS) is 16.1. The Morgan fingerprint density at radius 3 is 2.50 bits per heavy atom. The van der Waals surface area contributed by atoms with E-state index in [1.165, 1.54) is 0 Å². The van der Waals surface area contributed by atoms with Gasteiger partial charge in [0.2, 0.25) is 16.0 Å². The molecular weight excluding hydrogens is 371 g/mol. The maximum absolute atomic E-state index is 12.6. The van der Waals surface area contributed by atoms with Crippen LogP contribution in [0.5, 0.6) is 0 Å². The first kappa shape index (κ1) is 18.6. The topological polar surface area (TPSA) is 79.2 Å². The largest absolute Gasteiger partial charge is 0.445 e. The van der Waals surface area contributed by atoms with Crippen LogP contribution in [0.3, 0.4) is 0 Å². The molecule has 0 saturated carbocycles. The molecule has 8 nitrogen and oxygen atoms in total. The molecule has 0 unspecified atom stereocenters. The van der Waals surface area contributed by atoms with Crippen LogP contribution in [0.15, 0.2) is 6.20 Å². The number of rotatable bonds is 4. The Morgan fingerprint density at radius 2 is 1.96 bits per heavy atom. The molecule has 142 valence electrons. The molecule has 3 heterocycles. The van der Waals surface area contributed by atoms with Gasteiger partial charge in [-0.3, -0.25) is 14.4 Å². The lowest BCUT2D eigenvalue weighted by Gasteiger charge is -2.33. The van der Waals surface area contributed by atoms with Gasteiger partial charge in [0, 0.05) is 39.4 Å². The van der Waals surface area contributed by atoms with Crippen LogP contribution in [-0.4, -0.2) is 63.5 Å². The Bertz CT molecular complexity index is 780. The smallest absolute Gasteiger partial charge is 0.344 e. The van der Waals surface area contributed by atoms with Gasteiger partial charge >= 0.3 is 6.18 Å². The van der Waals surface area contributed by atoms with Crippen molar-refractivity contribution in [1.82, 2.24) is 24.9 Å². The zero-order chi connectivity index (χ0) is 18.9. The SMILES string of the molecule is Cc1nn(C)cc1NC(=O)CN1CCN(c2nnc(C(F)(F)F)s2)CC1. The van der Waals surface area contributed by atoms with E-state index in [1.54, 1.807) is 22.8 Å². The van der Waals surface area contributed by atoms with Gasteiger partial charge in [-0.15, -0.1) is 10.2 Å². The van der Waals surface area contributed by atoms with Gasteiger partial charge in [0.05, 0.1) is 17.9 Å². The summed E-state index contributed by atoms with van der Waals surface area (Å²) in [5, 5.41) is 13.1. The summed E-state index contributed by atoms with van der Waals surface area (Å²) in [5.41, 5.74) is 1.41. The number of carbonyl (C=O) groups is 1. The summed E-state index contributed by atoms with van der Waals surface area (Å²) in [6.07, 6.45) is -2.74. The van der Waals surface area contributed by atoms with E-state index >= 15 is 0 Å². The Hall–Kier alpha value is -2.21. The number of amides is 1. The van der Waals surface area contributed by atoms with E-state index in [9.17, 15) is 18.0 Å². The summed E-state index contributed by atoms with van der Waals surface area (Å²) in [7, 11) is 1.78. The number of aromatic nitrogens is 4. The number of nitrogens with zero attached hydrogens (tertiary/aromatic N) is 6. The number of aryl methyl sites for hydroxylation is 2. The second-order valence-corrected chi connectivity index (χ2v) is 6.96. The molecule has 0 aliphatic carbocycles. The average Bonchev–Trinajstić information content (AvgIpc) is 3.15. The highest BCUT2D eigenvalue weighted by Crippen LogP contribution is 2.34. The summed E-state index contributed by atoms with van der Waals surface area (Å²) >= 11 is 0.539. The van der Waals surface area contributed by atoms with Crippen molar-refractivity contribution in [3.8, 4) is 0 Å². The number of anilines is 2. The number of halogens is 3. The fourth-order valence-electron chi connectivity index (χ4n) is 2.67. The van der Waals surface area contributed by atoms with Crippen molar-refractivity contribution in [2.45, 2.75) is 13.1 Å². The first-order valence-electron chi connectivity index (χ1n) is 7.90. The van der Waals surface area contributed by atoms with Gasteiger partial charge in [-0.2, -0.15) is 18.3 Å². The zero-order valence-electron chi connectivity index (χ0n) is 14.2. The van der Waals surface area contributed by atoms with Crippen LogP contribution >= 0.6 is 11.3 Å². The lowest BCUT2D eigenvalue weighted by molar-refractivity contribution is -0.138. The molecule has 0 bridgehead atoms. The Morgan fingerprint density at radius 1 is 1.27 bits per heavy atom. The van der Waals surface area contributed by atoms with E-state index in [4.69, 9.17) is 0 Å². The lowest BCUT2D eigenvalue weighted by atomic mass is 10.3. The lowest BCUT2D eigenvalue weighted by Crippen LogP contribution is -2.48. The fourth-order valence-corrected chi connectivity index (χ4v) is 3.43. The summed E-state index contributed by atoms with van der Waals surface area (Å²) in [6, 6.07) is 0. The van der Waals surface area contributed by atoms with E-state index in [-0.39, 0.29) is 17.6 Å². The molecule has 1 N–H and O–H groups in total. The highest BCUT2D eigenvalue weighted by atomic mass is 32.1. The number of hydrogen-bond acceptors (Lipinski definition) is 7. The molecule has 0 atom stereocenters. The third kappa shape index (κ3) is 4.30. The summed E-state index contributed by atoms with van der Waals surface area (Å²) in [5.74, 6) is -0.148. The van der Waals surface area contributed by atoms with Crippen LogP contribution in [0, 0.1) is 6.92 Å². The van der Waals surface area contributed by atoms with Crippen LogP contribution in [0.4, 0.5) is 24.0 Å². The maximum Gasteiger partial charge on any atom is 0.445 e. The molecule has 1 fully saturated rings. The highest BCUT2D eigenvalue weighted by Gasteiger charge is 2.36. The quantitative estimate of drug-likeness (QED) is 0.851. The second-order valence-electron chi connectivity index (χ2n) is 6.00. The number of hydrogen-bond donors (Lipinski definition) is 1. The predicted octanol–water partition coefficient (Wildman–Crippen LogP) is 1.36. The van der Waals surface area contributed by atoms with Gasteiger partial charge in [0.15, 0.2) is 0 Å². The van der Waals surface area contributed by atoms with Crippen LogP contribution in [0.1, 0.15) is 10.7 Å². The molecule has 1 aliphatic rings. The third-order valence-corrected chi connectivity index (χ3v) is 4.98. The van der Waals surface area contributed by atoms with Crippen LogP contribution < -0.4 is 10.2 Å². The second kappa shape index (κ2) is 7.19. The summed E-state index contributed by atoms with van der Waals surface area (Å²) < 4.78 is 39.5. The van der Waals surface area contributed by atoms with Crippen LogP contribution in [-0.2, 0) is 18.0 Å². The van der Waals surface area contributed by atoms with Gasteiger partial charge in [0.1, 0.15) is 0 Å². The van der Waals surface area contributed by atoms with Crippen molar-refractivity contribution >= 4 is 28.1 Å². The maximum atomic E-state index is 12.6. The minimum Gasteiger partial charge on any atom is -0.344 e. The van der Waals surface area contributed by atoms with Crippen LogP contribution in [0.25, 0.3) is 0 Å². The molecule has 2 aromatic heterocycles. The number of nitrogens with one attached hydrogen (secondary N) is 1. The van der Waals surface area contributed by atoms with Crippen molar-refractivity contribution in [1.29, 1.82) is 0 Å². The summed E-state index contributed by atoms with van der Waals surface area (Å²) in [4.78, 5) is 15.9. The minimum atomic E-state index is -4.47. The first-order chi connectivity index (χ1) is 12.2. The molecule has 0 radical (unpaired) electrons. The van der Waals surface area contributed by atoms with Crippen molar-refractivity contribution in [3.05, 3.63) is 16.9 Å². The predicted molar refractivity (Wildman–Crippen MR) is 90.1 cm³/mol. The van der Waals surface area contributed by atoms with Crippen molar-refractivity contribution < 1.29 is 18.0 Å².